The Morgan fingerprint density at radius 2 is 1.22 bits per heavy atom. The number of rotatable bonds is 4. The van der Waals surface area contributed by atoms with E-state index in [0.29, 0.717) is 25.7 Å². The minimum Gasteiger partial charge on any atom is -0.476 e. The molecule has 1 aliphatic rings. The van der Waals surface area contributed by atoms with Crippen molar-refractivity contribution in [2.24, 2.45) is 0 Å². The summed E-state index contributed by atoms with van der Waals surface area (Å²) in [5.74, 6) is -0.882. The number of hydrogen-bond donors (Lipinski definition) is 2. The molecule has 2 N–H and O–H groups in total. The molecule has 0 aromatic rings. The van der Waals surface area contributed by atoms with Crippen molar-refractivity contribution in [3.8, 4) is 0 Å². The summed E-state index contributed by atoms with van der Waals surface area (Å²) in [5.41, 5.74) is 0. The van der Waals surface area contributed by atoms with Crippen LogP contribution in [0.25, 0.3) is 9.95 Å². The highest BCUT2D eigenvalue weighted by Crippen LogP contribution is 2.25. The molecular formula is C10H14N4O4+2. The number of hydrogen-bond acceptors (Lipinski definition) is 6. The Balaban J connectivity index is 2.34. The fourth-order valence-corrected chi connectivity index (χ4v) is 1.77. The predicted molar refractivity (Wildman–Crippen MR) is 59.8 cm³/mol. The van der Waals surface area contributed by atoms with Crippen LogP contribution in [0, 0.1) is 10.8 Å². The summed E-state index contributed by atoms with van der Waals surface area (Å²) in [6, 6.07) is 0. The number of nitrogens with zero attached hydrogens (tertiary/aromatic N) is 4. The van der Waals surface area contributed by atoms with Gasteiger partial charge in [-0.3, -0.25) is 0 Å². The van der Waals surface area contributed by atoms with E-state index in [1.165, 1.54) is 0 Å². The Kier molecular flexibility index (Phi) is 5.26. The maximum atomic E-state index is 9.15. The zero-order valence-electron chi connectivity index (χ0n) is 9.64. The summed E-state index contributed by atoms with van der Waals surface area (Å²) in [6.45, 7) is 0. The highest BCUT2D eigenvalue weighted by atomic mass is 16.6. The lowest BCUT2D eigenvalue weighted by Crippen LogP contribution is -2.26. The Morgan fingerprint density at radius 3 is 1.50 bits per heavy atom. The lowest BCUT2D eigenvalue weighted by atomic mass is 9.95. The Bertz CT molecular complexity index is 373. The molecule has 0 radical (unpaired) electrons. The Morgan fingerprint density at radius 1 is 0.889 bits per heavy atom. The monoisotopic (exact) mass is 254 g/mol. The molecule has 0 amide bonds. The largest absolute Gasteiger partial charge is 0.476 e. The molecule has 1 rings (SSSR count). The van der Waals surface area contributed by atoms with Crippen molar-refractivity contribution in [3.05, 3.63) is 34.2 Å². The molecule has 1 aliphatic carbocycles. The zero-order chi connectivity index (χ0) is 13.4. The molecule has 0 saturated heterocycles. The highest BCUT2D eigenvalue weighted by molar-refractivity contribution is 4.91. The maximum absolute atomic E-state index is 9.15. The molecule has 0 heterocycles. The number of ether oxygens (including phenoxy) is 2. The van der Waals surface area contributed by atoms with E-state index in [1.807, 2.05) is 0 Å². The van der Waals surface area contributed by atoms with Crippen molar-refractivity contribution < 1.29 is 19.7 Å². The molecule has 1 fully saturated rings. The molecule has 0 unspecified atom stereocenters. The summed E-state index contributed by atoms with van der Waals surface area (Å²) in [7, 11) is 0. The summed E-state index contributed by atoms with van der Waals surface area (Å²) >= 11 is 0. The van der Waals surface area contributed by atoms with Crippen LogP contribution in [0.2, 0.25) is 0 Å². The van der Waals surface area contributed by atoms with Crippen molar-refractivity contribution in [1.29, 1.82) is 10.8 Å². The van der Waals surface area contributed by atoms with E-state index < -0.39 is 11.9 Å². The van der Waals surface area contributed by atoms with Gasteiger partial charge in [-0.15, -0.1) is 0 Å². The van der Waals surface area contributed by atoms with Crippen LogP contribution in [0.3, 0.4) is 0 Å². The van der Waals surface area contributed by atoms with Crippen LogP contribution in [0.15, 0.2) is 24.3 Å². The van der Waals surface area contributed by atoms with E-state index in [2.05, 4.69) is 9.95 Å². The van der Waals surface area contributed by atoms with Crippen LogP contribution in [0.5, 0.6) is 0 Å². The van der Waals surface area contributed by atoms with Gasteiger partial charge in [-0.1, -0.05) is 0 Å². The molecule has 8 nitrogen and oxygen atoms in total. The predicted octanol–water partition coefficient (Wildman–Crippen LogP) is 2.75. The molecule has 0 bridgehead atoms. The van der Waals surface area contributed by atoms with Crippen LogP contribution in [0.1, 0.15) is 25.7 Å². The third kappa shape index (κ3) is 4.58. The molecule has 96 valence electrons. The van der Waals surface area contributed by atoms with Gasteiger partial charge in [0.1, 0.15) is 12.2 Å². The van der Waals surface area contributed by atoms with Crippen LogP contribution in [-0.2, 0) is 9.47 Å². The number of diazo groups is 2. The van der Waals surface area contributed by atoms with Gasteiger partial charge in [0.25, 0.3) is 0 Å². The van der Waals surface area contributed by atoms with Crippen molar-refractivity contribution in [2.45, 2.75) is 37.9 Å². The molecule has 8 heteroatoms. The van der Waals surface area contributed by atoms with Gasteiger partial charge in [0.15, 0.2) is 9.95 Å². The second kappa shape index (κ2) is 6.97. The first kappa shape index (κ1) is 13.6. The van der Waals surface area contributed by atoms with Gasteiger partial charge in [-0.2, -0.15) is 0 Å². The van der Waals surface area contributed by atoms with Crippen molar-refractivity contribution in [2.75, 3.05) is 0 Å². The third-order valence-corrected chi connectivity index (χ3v) is 2.53. The van der Waals surface area contributed by atoms with E-state index in [0.717, 1.165) is 12.4 Å². The fraction of sp³-hybridized carbons (Fsp3) is 0.600. The Hall–Kier alpha value is -2.48. The minimum atomic E-state index is -0.441. The molecule has 0 aromatic heterocycles. The molecule has 0 aromatic carbocycles. The van der Waals surface area contributed by atoms with Crippen molar-refractivity contribution in [3.63, 3.8) is 0 Å². The van der Waals surface area contributed by atoms with E-state index in [-0.39, 0.29) is 12.2 Å². The second-order valence-corrected chi connectivity index (χ2v) is 3.80. The average Bonchev–Trinajstić information content (AvgIpc) is 2.32. The highest BCUT2D eigenvalue weighted by Gasteiger charge is 2.25. The molecule has 18 heavy (non-hydrogen) atoms. The van der Waals surface area contributed by atoms with Gasteiger partial charge in [-0.25, -0.2) is 0 Å². The van der Waals surface area contributed by atoms with E-state index in [1.54, 1.807) is 0 Å². The summed E-state index contributed by atoms with van der Waals surface area (Å²) < 4.78 is 10.2. The van der Waals surface area contributed by atoms with Gasteiger partial charge in [0.2, 0.25) is 10.8 Å². The number of aliphatic hydroxyl groups is 2. The first-order chi connectivity index (χ1) is 8.65. The van der Waals surface area contributed by atoms with Gasteiger partial charge in [0, 0.05) is 0 Å². The quantitative estimate of drug-likeness (QED) is 0.588. The zero-order valence-corrected chi connectivity index (χ0v) is 9.64. The first-order valence-corrected chi connectivity index (χ1v) is 5.45. The van der Waals surface area contributed by atoms with Crippen LogP contribution in [-0.4, -0.2) is 22.4 Å². The third-order valence-electron chi connectivity index (χ3n) is 2.53. The lowest BCUT2D eigenvalue weighted by Gasteiger charge is -2.27. The topological polar surface area (TPSA) is 115 Å². The summed E-state index contributed by atoms with van der Waals surface area (Å²) in [5, 5.41) is 34.7. The van der Waals surface area contributed by atoms with Crippen molar-refractivity contribution >= 4 is 0 Å². The Labute approximate surface area is 103 Å². The lowest BCUT2D eigenvalue weighted by molar-refractivity contribution is -0.0388. The first-order valence-electron chi connectivity index (χ1n) is 5.45. The standard InChI is InChI=1S/C10H12N4O4/c11-13-5-9(15)17-7-1-2-8(4-3-7)18-10(16)6-14-12/h5-8H,1-4H2/p+2/b9-5-,10-6-. The summed E-state index contributed by atoms with van der Waals surface area (Å²) in [4.78, 5) is 5.28. The van der Waals surface area contributed by atoms with Gasteiger partial charge in [0.05, 0.1) is 0 Å². The van der Waals surface area contributed by atoms with Gasteiger partial charge < -0.3 is 19.7 Å². The maximum Gasteiger partial charge on any atom is 0.429 e. The van der Waals surface area contributed by atoms with Gasteiger partial charge in [-0.05, 0) is 25.7 Å². The molecule has 1 saturated carbocycles. The van der Waals surface area contributed by atoms with E-state index >= 15 is 0 Å². The van der Waals surface area contributed by atoms with Crippen LogP contribution in [0.4, 0.5) is 0 Å². The van der Waals surface area contributed by atoms with Gasteiger partial charge >= 0.3 is 24.3 Å². The van der Waals surface area contributed by atoms with Crippen LogP contribution >= 0.6 is 0 Å². The second-order valence-electron chi connectivity index (χ2n) is 3.80. The SMILES string of the molecule is N#[N+]/C=C(/O)OC1CCC(O/C(O)=C\[N+]#N)CC1. The van der Waals surface area contributed by atoms with E-state index in [4.69, 9.17) is 30.5 Å². The molecular weight excluding hydrogens is 240 g/mol. The normalized spacial score (nSPS) is 24.8. The molecule has 0 aliphatic heterocycles. The average molecular weight is 254 g/mol. The summed E-state index contributed by atoms with van der Waals surface area (Å²) in [6.07, 6.45) is 3.73. The fourth-order valence-electron chi connectivity index (χ4n) is 1.77. The van der Waals surface area contributed by atoms with E-state index in [9.17, 15) is 0 Å². The number of aliphatic hydroxyl groups excluding tert-OH is 2. The molecule has 0 atom stereocenters. The minimum absolute atomic E-state index is 0.184. The van der Waals surface area contributed by atoms with Crippen molar-refractivity contribution in [1.82, 2.24) is 0 Å². The molecule has 0 spiro atoms. The van der Waals surface area contributed by atoms with Crippen LogP contribution < -0.4 is 0 Å². The smallest absolute Gasteiger partial charge is 0.429 e.